The molecule has 152 valence electrons. The summed E-state index contributed by atoms with van der Waals surface area (Å²) in [7, 11) is 0. The number of rotatable bonds is 10. The van der Waals surface area contributed by atoms with Crippen LogP contribution in [-0.4, -0.2) is 63.8 Å². The Balaban J connectivity index is 1.24. The van der Waals surface area contributed by atoms with E-state index < -0.39 is 6.10 Å². The molecule has 2 aromatic rings. The Morgan fingerprint density at radius 1 is 0.893 bits per heavy atom. The predicted octanol–water partition coefficient (Wildman–Crippen LogP) is 0.0799. The molecule has 0 amide bonds. The van der Waals surface area contributed by atoms with Crippen LogP contribution in [0.2, 0.25) is 5.02 Å². The third-order valence-corrected chi connectivity index (χ3v) is 5.36. The molecule has 0 bridgehead atoms. The molecule has 0 saturated carbocycles. The third kappa shape index (κ3) is 7.41. The Morgan fingerprint density at radius 3 is 2.29 bits per heavy atom. The highest BCUT2D eigenvalue weighted by atomic mass is 35.5. The average molecular weight is 407 g/mol. The number of piperazine rings is 1. The monoisotopic (exact) mass is 406 g/mol. The van der Waals surface area contributed by atoms with Gasteiger partial charge in [0.2, 0.25) is 0 Å². The van der Waals surface area contributed by atoms with Crippen molar-refractivity contribution < 1.29 is 24.4 Å². The van der Waals surface area contributed by atoms with Crippen molar-refractivity contribution in [3.05, 3.63) is 65.2 Å². The van der Waals surface area contributed by atoms with Crippen molar-refractivity contribution in [2.75, 3.05) is 52.5 Å². The first-order valence-corrected chi connectivity index (χ1v) is 10.4. The Kier molecular flexibility index (Phi) is 8.58. The second-order valence-electron chi connectivity index (χ2n) is 7.40. The lowest BCUT2D eigenvalue weighted by molar-refractivity contribution is -1.02. The van der Waals surface area contributed by atoms with Crippen LogP contribution >= 0.6 is 11.6 Å². The number of aliphatic hydroxyl groups excluding tert-OH is 1. The lowest BCUT2D eigenvalue weighted by Crippen LogP contribution is -3.28. The van der Waals surface area contributed by atoms with Crippen molar-refractivity contribution in [3.63, 3.8) is 0 Å². The second-order valence-corrected chi connectivity index (χ2v) is 7.83. The van der Waals surface area contributed by atoms with E-state index in [4.69, 9.17) is 21.1 Å². The molecular formula is C22H31ClN2O3+2. The van der Waals surface area contributed by atoms with Gasteiger partial charge in [-0.25, -0.2) is 0 Å². The molecule has 0 unspecified atom stereocenters. The van der Waals surface area contributed by atoms with Crippen molar-refractivity contribution in [3.8, 4) is 5.75 Å². The molecule has 5 nitrogen and oxygen atoms in total. The first kappa shape index (κ1) is 21.1. The summed E-state index contributed by atoms with van der Waals surface area (Å²) in [5.74, 6) is 0.772. The summed E-state index contributed by atoms with van der Waals surface area (Å²) in [4.78, 5) is 3.09. The first-order valence-electron chi connectivity index (χ1n) is 10.0. The van der Waals surface area contributed by atoms with Crippen LogP contribution in [0.5, 0.6) is 5.75 Å². The number of halogens is 1. The Morgan fingerprint density at radius 2 is 1.57 bits per heavy atom. The van der Waals surface area contributed by atoms with E-state index >= 15 is 0 Å². The number of benzene rings is 2. The third-order valence-electron chi connectivity index (χ3n) is 5.11. The van der Waals surface area contributed by atoms with Crippen LogP contribution in [0.4, 0.5) is 0 Å². The summed E-state index contributed by atoms with van der Waals surface area (Å²) in [6.45, 7) is 7.60. The van der Waals surface area contributed by atoms with E-state index in [0.717, 1.165) is 45.0 Å². The lowest BCUT2D eigenvalue weighted by atomic mass is 10.2. The summed E-state index contributed by atoms with van der Waals surface area (Å²) in [6.07, 6.45) is -0.429. The highest BCUT2D eigenvalue weighted by Crippen LogP contribution is 2.15. The van der Waals surface area contributed by atoms with Gasteiger partial charge in [0.15, 0.2) is 0 Å². The second kappa shape index (κ2) is 11.4. The van der Waals surface area contributed by atoms with Gasteiger partial charge >= 0.3 is 0 Å². The SMILES string of the molecule is O[C@H](COCCOc1ccc(Cl)cc1)C[NH+]1CC[NH+](Cc2ccccc2)CC1. The Bertz CT molecular complexity index is 676. The fourth-order valence-electron chi connectivity index (χ4n) is 3.58. The number of hydrogen-bond acceptors (Lipinski definition) is 3. The van der Waals surface area contributed by atoms with Crippen LogP contribution in [0, 0.1) is 0 Å². The van der Waals surface area contributed by atoms with E-state index in [1.165, 1.54) is 10.5 Å². The molecular weight excluding hydrogens is 376 g/mol. The molecule has 3 rings (SSSR count). The van der Waals surface area contributed by atoms with Crippen LogP contribution in [0.25, 0.3) is 0 Å². The molecule has 6 heteroatoms. The van der Waals surface area contributed by atoms with E-state index in [0.29, 0.717) is 24.8 Å². The topological polar surface area (TPSA) is 47.6 Å². The van der Waals surface area contributed by atoms with Crippen molar-refractivity contribution in [1.82, 2.24) is 0 Å². The number of hydrogen-bond donors (Lipinski definition) is 3. The molecule has 0 aromatic heterocycles. The lowest BCUT2D eigenvalue weighted by Gasteiger charge is -2.30. The minimum absolute atomic E-state index is 0.355. The molecule has 1 saturated heterocycles. The molecule has 0 spiro atoms. The quantitative estimate of drug-likeness (QED) is 0.490. The summed E-state index contributed by atoms with van der Waals surface area (Å²) >= 11 is 5.84. The Labute approximate surface area is 172 Å². The molecule has 1 aliphatic heterocycles. The van der Waals surface area contributed by atoms with Gasteiger partial charge in [0.25, 0.3) is 0 Å². The molecule has 1 heterocycles. The van der Waals surface area contributed by atoms with E-state index in [1.54, 1.807) is 17.0 Å². The van der Waals surface area contributed by atoms with E-state index in [2.05, 4.69) is 30.3 Å². The minimum Gasteiger partial charge on any atom is -0.491 e. The summed E-state index contributed by atoms with van der Waals surface area (Å²) < 4.78 is 11.1. The summed E-state index contributed by atoms with van der Waals surface area (Å²) in [6, 6.07) is 17.9. The van der Waals surface area contributed by atoms with Gasteiger partial charge < -0.3 is 24.4 Å². The van der Waals surface area contributed by atoms with Crippen LogP contribution in [0.3, 0.4) is 0 Å². The minimum atomic E-state index is -0.429. The largest absolute Gasteiger partial charge is 0.491 e. The molecule has 28 heavy (non-hydrogen) atoms. The highest BCUT2D eigenvalue weighted by molar-refractivity contribution is 6.30. The first-order chi connectivity index (χ1) is 13.7. The summed E-state index contributed by atoms with van der Waals surface area (Å²) in [5, 5.41) is 10.9. The van der Waals surface area contributed by atoms with Gasteiger partial charge in [-0.2, -0.15) is 0 Å². The van der Waals surface area contributed by atoms with Crippen molar-refractivity contribution in [2.45, 2.75) is 12.6 Å². The number of aliphatic hydroxyl groups is 1. The zero-order chi connectivity index (χ0) is 19.6. The molecule has 1 fully saturated rings. The van der Waals surface area contributed by atoms with Gasteiger partial charge in [0.1, 0.15) is 57.7 Å². The zero-order valence-electron chi connectivity index (χ0n) is 16.3. The summed E-state index contributed by atoms with van der Waals surface area (Å²) in [5.41, 5.74) is 1.40. The van der Waals surface area contributed by atoms with Crippen LogP contribution in [0.15, 0.2) is 54.6 Å². The molecule has 0 radical (unpaired) electrons. The molecule has 0 aliphatic carbocycles. The average Bonchev–Trinajstić information content (AvgIpc) is 2.71. The van der Waals surface area contributed by atoms with Crippen LogP contribution in [0.1, 0.15) is 5.56 Å². The zero-order valence-corrected chi connectivity index (χ0v) is 17.0. The maximum Gasteiger partial charge on any atom is 0.127 e. The van der Waals surface area contributed by atoms with E-state index in [9.17, 15) is 5.11 Å². The van der Waals surface area contributed by atoms with Crippen molar-refractivity contribution in [1.29, 1.82) is 0 Å². The highest BCUT2D eigenvalue weighted by Gasteiger charge is 2.24. The molecule has 1 aliphatic rings. The van der Waals surface area contributed by atoms with Crippen molar-refractivity contribution in [2.24, 2.45) is 0 Å². The fourth-order valence-corrected chi connectivity index (χ4v) is 3.71. The van der Waals surface area contributed by atoms with Gasteiger partial charge in [0.05, 0.1) is 13.2 Å². The van der Waals surface area contributed by atoms with E-state index in [1.807, 2.05) is 12.1 Å². The number of nitrogens with one attached hydrogen (secondary N) is 2. The standard InChI is InChI=1S/C22H29ClN2O3/c23-20-6-8-22(9-7-20)28-15-14-27-18-21(26)17-25-12-10-24(11-13-25)16-19-4-2-1-3-5-19/h1-9,21,26H,10-18H2/p+2/t21-/m0/s1. The Hall–Kier alpha value is -1.63. The molecule has 3 N–H and O–H groups in total. The number of ether oxygens (including phenoxy) is 2. The predicted molar refractivity (Wildman–Crippen MR) is 110 cm³/mol. The van der Waals surface area contributed by atoms with Gasteiger partial charge in [-0.1, -0.05) is 41.9 Å². The smallest absolute Gasteiger partial charge is 0.127 e. The molecule has 1 atom stereocenters. The number of quaternary nitrogens is 2. The normalized spacial score (nSPS) is 20.6. The van der Waals surface area contributed by atoms with Gasteiger partial charge in [-0.3, -0.25) is 0 Å². The maximum absolute atomic E-state index is 10.2. The van der Waals surface area contributed by atoms with Crippen molar-refractivity contribution >= 4 is 11.6 Å². The maximum atomic E-state index is 10.2. The van der Waals surface area contributed by atoms with Gasteiger partial charge in [-0.15, -0.1) is 0 Å². The van der Waals surface area contributed by atoms with Crippen LogP contribution in [-0.2, 0) is 11.3 Å². The molecule has 2 aromatic carbocycles. The van der Waals surface area contributed by atoms with Crippen LogP contribution < -0.4 is 14.5 Å². The fraction of sp³-hybridized carbons (Fsp3) is 0.455. The van der Waals surface area contributed by atoms with Gasteiger partial charge in [0, 0.05) is 10.6 Å². The van der Waals surface area contributed by atoms with E-state index in [-0.39, 0.29) is 0 Å². The van der Waals surface area contributed by atoms with Gasteiger partial charge in [-0.05, 0) is 24.3 Å².